The molecule has 7 heteroatoms. The molecule has 0 spiro atoms. The zero-order valence-corrected chi connectivity index (χ0v) is 12.1. The lowest BCUT2D eigenvalue weighted by Crippen LogP contribution is -1.92. The number of rotatable bonds is 3. The van der Waals surface area contributed by atoms with Crippen LogP contribution in [0.25, 0.3) is 10.9 Å². The van der Waals surface area contributed by atoms with Gasteiger partial charge in [-0.05, 0) is 12.5 Å². The second kappa shape index (κ2) is 5.14. The van der Waals surface area contributed by atoms with Gasteiger partial charge in [-0.25, -0.2) is 9.37 Å². The summed E-state index contributed by atoms with van der Waals surface area (Å²) in [6.45, 7) is 3.40. The van der Waals surface area contributed by atoms with Crippen LogP contribution in [0.4, 0.5) is 10.1 Å². The summed E-state index contributed by atoms with van der Waals surface area (Å²) in [6.07, 6.45) is 3.16. The van der Waals surface area contributed by atoms with E-state index in [2.05, 4.69) is 20.8 Å². The van der Waals surface area contributed by atoms with Crippen molar-refractivity contribution in [2.45, 2.75) is 18.9 Å². The molecular weight excluding hydrogens is 291 g/mol. The van der Waals surface area contributed by atoms with Crippen LogP contribution in [0.15, 0.2) is 28.0 Å². The topological polar surface area (TPSA) is 77.6 Å². The molecule has 0 radical (unpaired) electrons. The van der Waals surface area contributed by atoms with Gasteiger partial charge in [0.1, 0.15) is 11.9 Å². The van der Waals surface area contributed by atoms with Crippen LogP contribution >= 0.6 is 11.9 Å². The molecule has 0 atom stereocenters. The van der Waals surface area contributed by atoms with Crippen molar-refractivity contribution in [3.8, 4) is 6.07 Å². The maximum Gasteiger partial charge on any atom is 0.201 e. The first kappa shape index (κ1) is 13.5. The Bertz CT molecular complexity index is 862. The van der Waals surface area contributed by atoms with Crippen molar-refractivity contribution in [1.82, 2.24) is 9.97 Å². The molecule has 3 aromatic rings. The van der Waals surface area contributed by atoms with E-state index in [1.807, 2.05) is 0 Å². The molecule has 3 rings (SSSR count). The number of nitrogens with one attached hydrogen (secondary N) is 2. The minimum atomic E-state index is -0.365. The Balaban J connectivity index is 2.01. The van der Waals surface area contributed by atoms with E-state index in [-0.39, 0.29) is 5.82 Å². The smallest absolute Gasteiger partial charge is 0.201 e. The minimum Gasteiger partial charge on any atom is -0.433 e. The maximum absolute atomic E-state index is 14.0. The van der Waals surface area contributed by atoms with Gasteiger partial charge >= 0.3 is 0 Å². The summed E-state index contributed by atoms with van der Waals surface area (Å²) < 4.78 is 22.4. The fourth-order valence-corrected chi connectivity index (χ4v) is 2.75. The van der Waals surface area contributed by atoms with Crippen LogP contribution in [0, 0.1) is 31.0 Å². The summed E-state index contributed by atoms with van der Waals surface area (Å²) in [5.41, 5.74) is 2.11. The van der Waals surface area contributed by atoms with E-state index in [4.69, 9.17) is 9.68 Å². The third-order valence-corrected chi connectivity index (χ3v) is 3.85. The van der Waals surface area contributed by atoms with Crippen LogP contribution in [0.3, 0.4) is 0 Å². The molecule has 21 heavy (non-hydrogen) atoms. The largest absolute Gasteiger partial charge is 0.433 e. The number of aromatic amines is 1. The molecule has 0 fully saturated rings. The molecule has 0 saturated carbocycles. The first-order chi connectivity index (χ1) is 10.1. The summed E-state index contributed by atoms with van der Waals surface area (Å²) in [5, 5.41) is 10.3. The van der Waals surface area contributed by atoms with E-state index in [0.29, 0.717) is 38.7 Å². The van der Waals surface area contributed by atoms with Gasteiger partial charge in [0.25, 0.3) is 0 Å². The molecule has 2 N–H and O–H groups in total. The molecule has 5 nitrogen and oxygen atoms in total. The summed E-state index contributed by atoms with van der Waals surface area (Å²) >= 11 is 1.19. The second-order valence-corrected chi connectivity index (χ2v) is 5.31. The first-order valence-electron chi connectivity index (χ1n) is 6.15. The highest BCUT2D eigenvalue weighted by Gasteiger charge is 2.15. The highest BCUT2D eigenvalue weighted by molar-refractivity contribution is 8.00. The fourth-order valence-electron chi connectivity index (χ4n) is 2.11. The van der Waals surface area contributed by atoms with Gasteiger partial charge < -0.3 is 14.1 Å². The summed E-state index contributed by atoms with van der Waals surface area (Å²) in [6, 6.07) is 3.46. The number of hydrogen-bond acceptors (Lipinski definition) is 5. The number of nitriles is 1. The summed E-state index contributed by atoms with van der Waals surface area (Å²) in [5.74, 6) is 0.196. The van der Waals surface area contributed by atoms with Crippen molar-refractivity contribution < 1.29 is 8.81 Å². The van der Waals surface area contributed by atoms with Crippen LogP contribution in [0.1, 0.15) is 17.0 Å². The third-order valence-electron chi connectivity index (χ3n) is 3.14. The Hall–Kier alpha value is -2.46. The van der Waals surface area contributed by atoms with Gasteiger partial charge in [0.05, 0.1) is 23.0 Å². The van der Waals surface area contributed by atoms with Crippen LogP contribution in [0.2, 0.25) is 0 Å². The number of hydrogen-bond donors (Lipinski definition) is 2. The first-order valence-corrected chi connectivity index (χ1v) is 6.97. The molecule has 106 valence electrons. The normalized spacial score (nSPS) is 10.8. The van der Waals surface area contributed by atoms with Crippen LogP contribution in [0.5, 0.6) is 0 Å². The summed E-state index contributed by atoms with van der Waals surface area (Å²) in [4.78, 5) is 6.99. The maximum atomic E-state index is 14.0. The molecule has 0 saturated heterocycles. The highest BCUT2D eigenvalue weighted by Crippen LogP contribution is 2.33. The van der Waals surface area contributed by atoms with E-state index in [0.717, 1.165) is 0 Å². The van der Waals surface area contributed by atoms with Crippen molar-refractivity contribution >= 4 is 28.5 Å². The van der Waals surface area contributed by atoms with Crippen molar-refractivity contribution in [1.29, 1.82) is 5.26 Å². The number of anilines is 1. The Kier molecular flexibility index (Phi) is 3.31. The SMILES string of the molecule is Cc1ncc(SNc2cc(F)c(C)c3c(C#N)c[nH]c23)o1. The Labute approximate surface area is 124 Å². The lowest BCUT2D eigenvalue weighted by atomic mass is 10.1. The zero-order chi connectivity index (χ0) is 15.0. The van der Waals surface area contributed by atoms with Gasteiger partial charge in [0, 0.05) is 36.5 Å². The molecule has 2 aromatic heterocycles. The predicted octanol–water partition coefficient (Wildman–Crippen LogP) is 3.90. The molecule has 0 unspecified atom stereocenters. The second-order valence-electron chi connectivity index (χ2n) is 4.50. The van der Waals surface area contributed by atoms with Crippen molar-refractivity contribution in [2.75, 3.05) is 4.72 Å². The fraction of sp³-hybridized carbons (Fsp3) is 0.143. The molecule has 0 aliphatic heterocycles. The van der Waals surface area contributed by atoms with E-state index in [1.54, 1.807) is 26.2 Å². The van der Waals surface area contributed by atoms with Gasteiger partial charge in [-0.15, -0.1) is 0 Å². The van der Waals surface area contributed by atoms with Gasteiger partial charge in [-0.1, -0.05) is 0 Å². The van der Waals surface area contributed by atoms with E-state index >= 15 is 0 Å². The molecule has 1 aromatic carbocycles. The highest BCUT2D eigenvalue weighted by atomic mass is 32.2. The Morgan fingerprint density at radius 1 is 1.48 bits per heavy atom. The third kappa shape index (κ3) is 2.34. The van der Waals surface area contributed by atoms with Gasteiger partial charge in [-0.3, -0.25) is 0 Å². The molecule has 0 bridgehead atoms. The number of aromatic nitrogens is 2. The molecule has 0 aliphatic rings. The van der Waals surface area contributed by atoms with Crippen LogP contribution in [-0.2, 0) is 0 Å². The van der Waals surface area contributed by atoms with E-state index in [1.165, 1.54) is 18.0 Å². The van der Waals surface area contributed by atoms with E-state index < -0.39 is 0 Å². The Morgan fingerprint density at radius 3 is 2.95 bits per heavy atom. The Morgan fingerprint density at radius 2 is 2.29 bits per heavy atom. The van der Waals surface area contributed by atoms with E-state index in [9.17, 15) is 4.39 Å². The average Bonchev–Trinajstić information content (AvgIpc) is 3.07. The molecule has 0 aliphatic carbocycles. The van der Waals surface area contributed by atoms with Crippen molar-refractivity contribution in [3.05, 3.63) is 41.3 Å². The summed E-state index contributed by atoms with van der Waals surface area (Å²) in [7, 11) is 0. The van der Waals surface area contributed by atoms with Gasteiger partial charge in [-0.2, -0.15) is 5.26 Å². The number of benzene rings is 1. The average molecular weight is 302 g/mol. The van der Waals surface area contributed by atoms with Crippen molar-refractivity contribution in [2.24, 2.45) is 0 Å². The van der Waals surface area contributed by atoms with Crippen molar-refractivity contribution in [3.63, 3.8) is 0 Å². The van der Waals surface area contributed by atoms with Gasteiger partial charge in [0.2, 0.25) is 5.09 Å². The van der Waals surface area contributed by atoms with Gasteiger partial charge in [0.15, 0.2) is 5.89 Å². The lowest BCUT2D eigenvalue weighted by Gasteiger charge is -2.08. The number of H-pyrrole nitrogens is 1. The standard InChI is InChI=1S/C14H11FN4OS/c1-7-10(15)3-11(14-13(7)9(4-16)5-18-14)19-21-12-6-17-8(2)20-12/h3,5-6,18-19H,1-2H3. The molecule has 2 heterocycles. The number of aryl methyl sites for hydroxylation is 2. The number of nitrogens with zero attached hydrogens (tertiary/aromatic N) is 2. The quantitative estimate of drug-likeness (QED) is 0.717. The minimum absolute atomic E-state index is 0.365. The molecular formula is C14H11FN4OS. The zero-order valence-electron chi connectivity index (χ0n) is 11.3. The predicted molar refractivity (Wildman–Crippen MR) is 78.4 cm³/mol. The number of fused-ring (bicyclic) bond motifs is 1. The number of halogens is 1. The monoisotopic (exact) mass is 302 g/mol. The molecule has 0 amide bonds. The van der Waals surface area contributed by atoms with Crippen LogP contribution in [-0.4, -0.2) is 9.97 Å². The number of oxazole rings is 1. The lowest BCUT2D eigenvalue weighted by molar-refractivity contribution is 0.442. The van der Waals surface area contributed by atoms with Crippen LogP contribution < -0.4 is 4.72 Å².